The summed E-state index contributed by atoms with van der Waals surface area (Å²) in [7, 11) is 1.17. The first-order valence-corrected chi connectivity index (χ1v) is 9.39. The van der Waals surface area contributed by atoms with Crippen molar-refractivity contribution in [3.05, 3.63) is 34.4 Å². The first-order chi connectivity index (χ1) is 11.8. The Labute approximate surface area is 152 Å². The molecule has 0 aromatic heterocycles. The standard InChI is InChI=1S/C20H28O3.H2OP/c1-5-16(19(22)23)20(9-7-6-8-10-20)18(21)17-14(3)11-13(2)12-15(17)4;1-2/h11-12,16H,5-10H2,1-4H3,(H,22,23);2H2/q;+1. The molecule has 1 aliphatic carbocycles. The van der Waals surface area contributed by atoms with Crippen molar-refractivity contribution < 1.29 is 19.3 Å². The van der Waals surface area contributed by atoms with Crippen molar-refractivity contribution >= 4 is 20.9 Å². The van der Waals surface area contributed by atoms with Crippen LogP contribution in [0.15, 0.2) is 12.1 Å². The van der Waals surface area contributed by atoms with Crippen molar-refractivity contribution in [3.8, 4) is 0 Å². The van der Waals surface area contributed by atoms with Crippen LogP contribution in [-0.2, 0) is 9.36 Å². The molecule has 1 aromatic carbocycles. The van der Waals surface area contributed by atoms with E-state index in [-0.39, 0.29) is 5.78 Å². The molecular weight excluding hydrogens is 335 g/mol. The number of benzene rings is 1. The van der Waals surface area contributed by atoms with Gasteiger partial charge in [-0.05, 0) is 51.2 Å². The lowest BCUT2D eigenvalue weighted by molar-refractivity contribution is -0.146. The molecule has 1 aliphatic rings. The molecule has 25 heavy (non-hydrogen) atoms. The number of carbonyl (C=O) groups excluding carboxylic acids is 1. The Balaban J connectivity index is 0.00000151. The van der Waals surface area contributed by atoms with E-state index in [0.29, 0.717) is 19.3 Å². The second kappa shape index (κ2) is 9.24. The van der Waals surface area contributed by atoms with Crippen molar-refractivity contribution in [1.82, 2.24) is 0 Å². The number of hydrogen-bond donors (Lipinski definition) is 1. The van der Waals surface area contributed by atoms with Gasteiger partial charge >= 0.3 is 15.1 Å². The van der Waals surface area contributed by atoms with Crippen molar-refractivity contribution in [1.29, 1.82) is 0 Å². The Bertz CT molecular complexity index is 610. The Hall–Kier alpha value is -1.54. The van der Waals surface area contributed by atoms with Crippen LogP contribution in [0.1, 0.15) is 72.5 Å². The monoisotopic (exact) mass is 365 g/mol. The van der Waals surface area contributed by atoms with Crippen LogP contribution in [0.25, 0.3) is 0 Å². The number of aliphatic carboxylic acids is 1. The smallest absolute Gasteiger partial charge is 0.310 e. The lowest BCUT2D eigenvalue weighted by Gasteiger charge is -2.40. The summed E-state index contributed by atoms with van der Waals surface area (Å²) in [5.74, 6) is -1.36. The van der Waals surface area contributed by atoms with Crippen molar-refractivity contribution in [2.75, 3.05) is 0 Å². The average Bonchev–Trinajstić information content (AvgIpc) is 2.56. The molecule has 5 heteroatoms. The first kappa shape index (κ1) is 21.5. The molecule has 0 aliphatic heterocycles. The van der Waals surface area contributed by atoms with E-state index in [4.69, 9.17) is 4.57 Å². The SMILES string of the molecule is CCC(C(=O)O)C1(C(=O)c2c(C)cc(C)cc2C)CCCCC1.O=[PH2+]. The molecule has 0 radical (unpaired) electrons. The number of hydrogen-bond acceptors (Lipinski definition) is 3. The van der Waals surface area contributed by atoms with Crippen LogP contribution in [0.5, 0.6) is 0 Å². The van der Waals surface area contributed by atoms with Gasteiger partial charge in [0.15, 0.2) is 5.78 Å². The third-order valence-electron chi connectivity index (χ3n) is 5.48. The molecule has 2 atom stereocenters. The minimum absolute atomic E-state index is 0.0569. The number of Topliss-reactive ketones (excluding diaryl/α,β-unsaturated/α-hetero) is 1. The molecule has 1 fully saturated rings. The molecule has 1 aromatic rings. The highest BCUT2D eigenvalue weighted by molar-refractivity contribution is 7.00. The summed E-state index contributed by atoms with van der Waals surface area (Å²) in [6.07, 6.45) is 4.88. The van der Waals surface area contributed by atoms with Crippen LogP contribution in [0.4, 0.5) is 0 Å². The van der Waals surface area contributed by atoms with E-state index in [1.54, 1.807) is 0 Å². The number of carboxylic acids is 1. The zero-order valence-electron chi connectivity index (χ0n) is 15.7. The predicted molar refractivity (Wildman–Crippen MR) is 102 cm³/mol. The van der Waals surface area contributed by atoms with Gasteiger partial charge in [-0.25, -0.2) is 0 Å². The highest BCUT2D eigenvalue weighted by atomic mass is 31.0. The maximum absolute atomic E-state index is 13.5. The van der Waals surface area contributed by atoms with Gasteiger partial charge in [0.1, 0.15) is 0 Å². The van der Waals surface area contributed by atoms with Gasteiger partial charge in [-0.2, -0.15) is 0 Å². The lowest BCUT2D eigenvalue weighted by atomic mass is 9.60. The molecule has 2 rings (SSSR count). The van der Waals surface area contributed by atoms with Crippen LogP contribution < -0.4 is 0 Å². The highest BCUT2D eigenvalue weighted by Gasteiger charge is 2.49. The molecule has 138 valence electrons. The summed E-state index contributed by atoms with van der Waals surface area (Å²) in [4.78, 5) is 25.4. The number of carbonyl (C=O) groups is 2. The van der Waals surface area contributed by atoms with E-state index < -0.39 is 17.3 Å². The van der Waals surface area contributed by atoms with Gasteiger partial charge in [0.25, 0.3) is 0 Å². The van der Waals surface area contributed by atoms with Gasteiger partial charge in [0.05, 0.1) is 5.92 Å². The first-order valence-electron chi connectivity index (χ1n) is 8.92. The largest absolute Gasteiger partial charge is 0.481 e. The summed E-state index contributed by atoms with van der Waals surface area (Å²) >= 11 is 0. The van der Waals surface area contributed by atoms with Gasteiger partial charge in [-0.1, -0.05) is 48.4 Å². The zero-order valence-corrected chi connectivity index (χ0v) is 16.9. The van der Waals surface area contributed by atoms with E-state index in [1.807, 2.05) is 39.8 Å². The van der Waals surface area contributed by atoms with Crippen LogP contribution in [0, 0.1) is 32.1 Å². The fourth-order valence-electron chi connectivity index (χ4n) is 4.51. The van der Waals surface area contributed by atoms with Crippen LogP contribution >= 0.6 is 9.12 Å². The molecule has 1 N–H and O–H groups in total. The summed E-state index contributed by atoms with van der Waals surface area (Å²) in [6, 6.07) is 4.05. The Morgan fingerprint density at radius 2 is 1.56 bits per heavy atom. The molecule has 2 unspecified atom stereocenters. The number of aryl methyl sites for hydroxylation is 3. The molecular formula is C20H30O4P+. The number of rotatable bonds is 5. The normalized spacial score (nSPS) is 17.1. The second-order valence-corrected chi connectivity index (χ2v) is 7.12. The number of ketones is 1. The minimum Gasteiger partial charge on any atom is -0.481 e. The number of carboxylic acid groups (broad SMARTS) is 1. The summed E-state index contributed by atoms with van der Waals surface area (Å²) in [6.45, 7) is 7.84. The van der Waals surface area contributed by atoms with Crippen LogP contribution in [0.3, 0.4) is 0 Å². The fraction of sp³-hybridized carbons (Fsp3) is 0.600. The maximum atomic E-state index is 13.5. The van der Waals surface area contributed by atoms with Gasteiger partial charge < -0.3 is 5.11 Å². The average molecular weight is 365 g/mol. The maximum Gasteiger partial charge on any atom is 0.310 e. The van der Waals surface area contributed by atoms with E-state index >= 15 is 0 Å². The zero-order chi connectivity index (χ0) is 19.2. The summed E-state index contributed by atoms with van der Waals surface area (Å²) < 4.78 is 8.17. The second-order valence-electron chi connectivity index (χ2n) is 7.12. The van der Waals surface area contributed by atoms with Crippen molar-refractivity contribution in [2.24, 2.45) is 11.3 Å². The topological polar surface area (TPSA) is 71.4 Å². The lowest BCUT2D eigenvalue weighted by Crippen LogP contribution is -2.44. The van der Waals surface area contributed by atoms with Gasteiger partial charge in [-0.3, -0.25) is 9.59 Å². The Morgan fingerprint density at radius 3 is 1.96 bits per heavy atom. The molecule has 0 heterocycles. The predicted octanol–water partition coefficient (Wildman–Crippen LogP) is 5.06. The minimum atomic E-state index is -0.829. The Morgan fingerprint density at radius 1 is 1.08 bits per heavy atom. The Kier molecular flexibility index (Phi) is 7.95. The van der Waals surface area contributed by atoms with Crippen molar-refractivity contribution in [3.63, 3.8) is 0 Å². The van der Waals surface area contributed by atoms with E-state index in [0.717, 1.165) is 41.5 Å². The molecule has 0 saturated heterocycles. The van der Waals surface area contributed by atoms with Crippen LogP contribution in [0.2, 0.25) is 0 Å². The molecule has 0 bridgehead atoms. The highest BCUT2D eigenvalue weighted by Crippen LogP contribution is 2.47. The van der Waals surface area contributed by atoms with Crippen LogP contribution in [-0.4, -0.2) is 16.9 Å². The third-order valence-corrected chi connectivity index (χ3v) is 5.48. The van der Waals surface area contributed by atoms with Gasteiger partial charge in [0.2, 0.25) is 0 Å². The molecule has 4 nitrogen and oxygen atoms in total. The summed E-state index contributed by atoms with van der Waals surface area (Å²) in [5, 5.41) is 9.72. The third kappa shape index (κ3) is 4.36. The quantitative estimate of drug-likeness (QED) is 0.584. The molecule has 1 saturated carbocycles. The van der Waals surface area contributed by atoms with Crippen molar-refractivity contribution in [2.45, 2.75) is 66.2 Å². The fourth-order valence-corrected chi connectivity index (χ4v) is 4.51. The molecule has 0 amide bonds. The van der Waals surface area contributed by atoms with E-state index in [2.05, 4.69) is 0 Å². The van der Waals surface area contributed by atoms with Gasteiger partial charge in [0, 0.05) is 11.0 Å². The summed E-state index contributed by atoms with van der Waals surface area (Å²) in [5.41, 5.74) is 3.09. The van der Waals surface area contributed by atoms with Gasteiger partial charge in [-0.15, -0.1) is 0 Å². The van der Waals surface area contributed by atoms with E-state index in [1.165, 1.54) is 9.12 Å². The van der Waals surface area contributed by atoms with E-state index in [9.17, 15) is 14.7 Å². The molecule has 0 spiro atoms.